The molecular weight excluding hydrogens is 246 g/mol. The molecule has 0 N–H and O–H groups in total. The lowest BCUT2D eigenvalue weighted by molar-refractivity contribution is 0.0980. The highest BCUT2D eigenvalue weighted by atomic mass is 16.5. The minimum Gasteiger partial charge on any atom is -0.497 e. The number of hydrogen-bond donors (Lipinski definition) is 0. The van der Waals surface area contributed by atoms with E-state index in [1.807, 2.05) is 6.07 Å². The van der Waals surface area contributed by atoms with Gasteiger partial charge in [0.15, 0.2) is 0 Å². The van der Waals surface area contributed by atoms with Gasteiger partial charge in [-0.1, -0.05) is 31.4 Å². The number of rotatable bonds is 2. The number of benzene rings is 1. The molecule has 2 aliphatic rings. The fourth-order valence-corrected chi connectivity index (χ4v) is 4.28. The lowest BCUT2D eigenvalue weighted by Crippen LogP contribution is -2.45. The van der Waals surface area contributed by atoms with Crippen molar-refractivity contribution < 1.29 is 4.74 Å². The van der Waals surface area contributed by atoms with Gasteiger partial charge in [0.25, 0.3) is 0 Å². The molecule has 0 spiro atoms. The molecule has 110 valence electrons. The third-order valence-electron chi connectivity index (χ3n) is 5.35. The van der Waals surface area contributed by atoms with Crippen molar-refractivity contribution in [1.29, 1.82) is 0 Å². The first kappa shape index (κ1) is 13.9. The topological polar surface area (TPSA) is 12.5 Å². The van der Waals surface area contributed by atoms with Gasteiger partial charge in [0.2, 0.25) is 0 Å². The van der Waals surface area contributed by atoms with Crippen LogP contribution in [0.4, 0.5) is 0 Å². The Kier molecular flexibility index (Phi) is 4.30. The lowest BCUT2D eigenvalue weighted by atomic mass is 9.78. The molecule has 0 aromatic heterocycles. The minimum absolute atomic E-state index is 0.675. The van der Waals surface area contributed by atoms with Crippen LogP contribution in [0.5, 0.6) is 5.75 Å². The standard InChI is InChI=1S/C18H27NO/c1-19-13-16(14-8-6-9-17(12-14)20-2)11-15-7-4-3-5-10-18(15)19/h6,8-9,12,15-16,18H,3-5,7,10-11,13H2,1-2H3. The van der Waals surface area contributed by atoms with Gasteiger partial charge >= 0.3 is 0 Å². The molecule has 0 radical (unpaired) electrons. The first-order valence-electron chi connectivity index (χ1n) is 8.12. The Bertz CT molecular complexity index is 445. The number of nitrogens with zero attached hydrogens (tertiary/aromatic N) is 1. The van der Waals surface area contributed by atoms with Crippen LogP contribution in [0.2, 0.25) is 0 Å². The van der Waals surface area contributed by atoms with Crippen molar-refractivity contribution in [2.24, 2.45) is 5.92 Å². The van der Waals surface area contributed by atoms with Gasteiger partial charge in [0.05, 0.1) is 7.11 Å². The molecule has 2 nitrogen and oxygen atoms in total. The molecule has 0 amide bonds. The SMILES string of the molecule is COc1cccc(C2CC3CCCCCC3N(C)C2)c1. The number of piperidine rings is 1. The Morgan fingerprint density at radius 2 is 2.00 bits per heavy atom. The Morgan fingerprint density at radius 1 is 1.15 bits per heavy atom. The average Bonchev–Trinajstić information content (AvgIpc) is 2.73. The number of methoxy groups -OCH3 is 1. The van der Waals surface area contributed by atoms with Gasteiger partial charge in [0.1, 0.15) is 5.75 Å². The van der Waals surface area contributed by atoms with Gasteiger partial charge in [-0.15, -0.1) is 0 Å². The van der Waals surface area contributed by atoms with Gasteiger partial charge in [-0.3, -0.25) is 0 Å². The van der Waals surface area contributed by atoms with Crippen LogP contribution in [0.25, 0.3) is 0 Å². The monoisotopic (exact) mass is 273 g/mol. The number of likely N-dealkylation sites (N-methyl/N-ethyl adjacent to an activating group) is 1. The summed E-state index contributed by atoms with van der Waals surface area (Å²) < 4.78 is 5.39. The first-order valence-corrected chi connectivity index (χ1v) is 8.12. The molecule has 1 aliphatic heterocycles. The third kappa shape index (κ3) is 2.85. The van der Waals surface area contributed by atoms with E-state index in [9.17, 15) is 0 Å². The smallest absolute Gasteiger partial charge is 0.119 e. The van der Waals surface area contributed by atoms with Crippen molar-refractivity contribution in [2.75, 3.05) is 20.7 Å². The largest absolute Gasteiger partial charge is 0.497 e. The summed E-state index contributed by atoms with van der Waals surface area (Å²) in [6, 6.07) is 9.52. The summed E-state index contributed by atoms with van der Waals surface area (Å²) in [4.78, 5) is 2.63. The molecule has 20 heavy (non-hydrogen) atoms. The normalized spacial score (nSPS) is 31.4. The molecule has 1 aliphatic carbocycles. The van der Waals surface area contributed by atoms with Crippen LogP contribution in [0.15, 0.2) is 24.3 Å². The summed E-state index contributed by atoms with van der Waals surface area (Å²) in [7, 11) is 4.09. The summed E-state index contributed by atoms with van der Waals surface area (Å²) in [5.74, 6) is 2.56. The van der Waals surface area contributed by atoms with E-state index in [4.69, 9.17) is 4.74 Å². The van der Waals surface area contributed by atoms with Crippen LogP contribution in [-0.4, -0.2) is 31.6 Å². The van der Waals surface area contributed by atoms with Crippen molar-refractivity contribution in [2.45, 2.75) is 50.5 Å². The number of fused-ring (bicyclic) bond motifs is 1. The summed E-state index contributed by atoms with van der Waals surface area (Å²) >= 11 is 0. The van der Waals surface area contributed by atoms with E-state index in [-0.39, 0.29) is 0 Å². The Labute approximate surface area is 123 Å². The van der Waals surface area contributed by atoms with Crippen LogP contribution in [-0.2, 0) is 0 Å². The summed E-state index contributed by atoms with van der Waals surface area (Å²) in [6.45, 7) is 1.20. The zero-order valence-electron chi connectivity index (χ0n) is 12.8. The van der Waals surface area contributed by atoms with Crippen molar-refractivity contribution in [3.63, 3.8) is 0 Å². The molecule has 2 heteroatoms. The zero-order valence-corrected chi connectivity index (χ0v) is 12.8. The van der Waals surface area contributed by atoms with E-state index in [1.54, 1.807) is 7.11 Å². The highest BCUT2D eigenvalue weighted by molar-refractivity contribution is 5.31. The molecular formula is C18H27NO. The van der Waals surface area contributed by atoms with E-state index in [0.29, 0.717) is 5.92 Å². The minimum atomic E-state index is 0.675. The highest BCUT2D eigenvalue weighted by Crippen LogP contribution is 2.40. The first-order chi connectivity index (χ1) is 9.78. The van der Waals surface area contributed by atoms with Crippen LogP contribution < -0.4 is 4.74 Å². The van der Waals surface area contributed by atoms with Gasteiger partial charge in [-0.25, -0.2) is 0 Å². The van der Waals surface area contributed by atoms with E-state index in [1.165, 1.54) is 50.6 Å². The van der Waals surface area contributed by atoms with E-state index in [0.717, 1.165) is 17.7 Å². The third-order valence-corrected chi connectivity index (χ3v) is 5.35. The lowest BCUT2D eigenvalue weighted by Gasteiger charge is -2.42. The maximum atomic E-state index is 5.39. The second-order valence-corrected chi connectivity index (χ2v) is 6.61. The summed E-state index contributed by atoms with van der Waals surface area (Å²) in [5.41, 5.74) is 1.46. The second kappa shape index (κ2) is 6.17. The maximum absolute atomic E-state index is 5.39. The quantitative estimate of drug-likeness (QED) is 0.805. The fraction of sp³-hybridized carbons (Fsp3) is 0.667. The number of hydrogen-bond acceptors (Lipinski definition) is 2. The van der Waals surface area contributed by atoms with Crippen molar-refractivity contribution in [1.82, 2.24) is 4.90 Å². The fourth-order valence-electron chi connectivity index (χ4n) is 4.28. The molecule has 1 aromatic rings. The van der Waals surface area contributed by atoms with Crippen molar-refractivity contribution in [3.8, 4) is 5.75 Å². The van der Waals surface area contributed by atoms with Crippen LogP contribution in [0.3, 0.4) is 0 Å². The molecule has 3 unspecified atom stereocenters. The van der Waals surface area contributed by atoms with Gasteiger partial charge in [0, 0.05) is 12.6 Å². The number of likely N-dealkylation sites (tertiary alicyclic amines) is 1. The maximum Gasteiger partial charge on any atom is 0.119 e. The van der Waals surface area contributed by atoms with E-state index in [2.05, 4.69) is 30.1 Å². The van der Waals surface area contributed by atoms with Gasteiger partial charge < -0.3 is 9.64 Å². The van der Waals surface area contributed by atoms with E-state index >= 15 is 0 Å². The molecule has 2 fully saturated rings. The van der Waals surface area contributed by atoms with Crippen molar-refractivity contribution >= 4 is 0 Å². The molecule has 0 bridgehead atoms. The Hall–Kier alpha value is -1.02. The second-order valence-electron chi connectivity index (χ2n) is 6.61. The molecule has 3 rings (SSSR count). The Balaban J connectivity index is 1.78. The molecule has 1 saturated heterocycles. The van der Waals surface area contributed by atoms with Crippen molar-refractivity contribution in [3.05, 3.63) is 29.8 Å². The zero-order chi connectivity index (χ0) is 13.9. The number of ether oxygens (including phenoxy) is 1. The predicted octanol–water partition coefficient (Wildman–Crippen LogP) is 4.06. The van der Waals surface area contributed by atoms with E-state index < -0.39 is 0 Å². The molecule has 1 saturated carbocycles. The molecule has 3 atom stereocenters. The molecule has 1 aromatic carbocycles. The highest BCUT2D eigenvalue weighted by Gasteiger charge is 2.35. The van der Waals surface area contributed by atoms with Gasteiger partial charge in [-0.05, 0) is 55.8 Å². The summed E-state index contributed by atoms with van der Waals surface area (Å²) in [6.07, 6.45) is 8.49. The van der Waals surface area contributed by atoms with Crippen LogP contribution in [0, 0.1) is 5.92 Å². The van der Waals surface area contributed by atoms with Crippen LogP contribution >= 0.6 is 0 Å². The van der Waals surface area contributed by atoms with Crippen LogP contribution in [0.1, 0.15) is 50.0 Å². The predicted molar refractivity (Wildman–Crippen MR) is 83.3 cm³/mol. The van der Waals surface area contributed by atoms with Gasteiger partial charge in [-0.2, -0.15) is 0 Å². The average molecular weight is 273 g/mol. The summed E-state index contributed by atoms with van der Waals surface area (Å²) in [5, 5.41) is 0. The molecule has 1 heterocycles. The Morgan fingerprint density at radius 3 is 2.85 bits per heavy atom.